The Morgan fingerprint density at radius 3 is 2.53 bits per heavy atom. The van der Waals surface area contributed by atoms with Crippen molar-refractivity contribution >= 4 is 27.7 Å². The molecule has 0 saturated carbocycles. The summed E-state index contributed by atoms with van der Waals surface area (Å²) >= 11 is 3.48. The molecule has 0 heterocycles. The minimum absolute atomic E-state index is 0.672. The Balaban J connectivity index is 2.15. The van der Waals surface area contributed by atoms with E-state index < -0.39 is 0 Å². The molecule has 1 aliphatic rings. The van der Waals surface area contributed by atoms with Crippen LogP contribution in [0.3, 0.4) is 0 Å². The molecule has 0 saturated heterocycles. The van der Waals surface area contributed by atoms with Gasteiger partial charge in [-0.1, -0.05) is 28.1 Å². The fourth-order valence-corrected chi connectivity index (χ4v) is 2.70. The zero-order chi connectivity index (χ0) is 11.8. The van der Waals surface area contributed by atoms with Crippen molar-refractivity contribution in [2.24, 2.45) is 4.99 Å². The molecular formula is C14H8BrNO. The molecular weight excluding hydrogens is 278 g/mol. The molecule has 2 aromatic rings. The summed E-state index contributed by atoms with van der Waals surface area (Å²) in [6, 6.07) is 12.1. The van der Waals surface area contributed by atoms with E-state index in [4.69, 9.17) is 0 Å². The van der Waals surface area contributed by atoms with Crippen LogP contribution in [-0.2, 0) is 11.2 Å². The van der Waals surface area contributed by atoms with E-state index in [9.17, 15) is 4.79 Å². The number of rotatable bonds is 1. The second-order valence-electron chi connectivity index (χ2n) is 4.02. The highest BCUT2D eigenvalue weighted by Gasteiger charge is 2.18. The Labute approximate surface area is 107 Å². The van der Waals surface area contributed by atoms with Gasteiger partial charge in [0.05, 0.1) is 5.69 Å². The second kappa shape index (κ2) is 3.95. The molecule has 0 spiro atoms. The fourth-order valence-electron chi connectivity index (χ4n) is 2.29. The average molecular weight is 286 g/mol. The van der Waals surface area contributed by atoms with Gasteiger partial charge in [0, 0.05) is 4.47 Å². The summed E-state index contributed by atoms with van der Waals surface area (Å²) in [7, 11) is 0. The Kier molecular flexibility index (Phi) is 2.43. The van der Waals surface area contributed by atoms with Gasteiger partial charge in [0.1, 0.15) is 0 Å². The van der Waals surface area contributed by atoms with Gasteiger partial charge in [0.25, 0.3) is 0 Å². The van der Waals surface area contributed by atoms with E-state index in [0.29, 0.717) is 5.69 Å². The van der Waals surface area contributed by atoms with Gasteiger partial charge in [-0.3, -0.25) is 0 Å². The molecule has 0 aliphatic heterocycles. The highest BCUT2D eigenvalue weighted by molar-refractivity contribution is 9.10. The van der Waals surface area contributed by atoms with E-state index in [0.717, 1.165) is 10.9 Å². The van der Waals surface area contributed by atoms with Crippen molar-refractivity contribution in [3.05, 3.63) is 52.0 Å². The van der Waals surface area contributed by atoms with Crippen molar-refractivity contribution in [2.75, 3.05) is 0 Å². The van der Waals surface area contributed by atoms with Gasteiger partial charge in [-0.25, -0.2) is 4.79 Å². The fraction of sp³-hybridized carbons (Fsp3) is 0.0714. The molecule has 0 N–H and O–H groups in total. The van der Waals surface area contributed by atoms with Crippen LogP contribution >= 0.6 is 15.9 Å². The molecule has 0 unspecified atom stereocenters. The zero-order valence-corrected chi connectivity index (χ0v) is 10.5. The summed E-state index contributed by atoms with van der Waals surface area (Å²) in [4.78, 5) is 13.9. The van der Waals surface area contributed by atoms with Gasteiger partial charge in [0.15, 0.2) is 0 Å². The number of carbonyl (C=O) groups excluding carboxylic acids is 1. The summed E-state index contributed by atoms with van der Waals surface area (Å²) in [5, 5.41) is 0. The molecule has 0 atom stereocenters. The SMILES string of the molecule is O=C=Nc1ccc2c(c1)Cc1cc(Br)ccc1-2. The van der Waals surface area contributed by atoms with Crippen LogP contribution in [0.25, 0.3) is 11.1 Å². The average Bonchev–Trinajstić information content (AvgIpc) is 2.65. The lowest BCUT2D eigenvalue weighted by atomic mass is 10.1. The number of hydrogen-bond acceptors (Lipinski definition) is 2. The summed E-state index contributed by atoms with van der Waals surface area (Å²) < 4.78 is 1.09. The van der Waals surface area contributed by atoms with E-state index in [1.54, 1.807) is 6.08 Å². The van der Waals surface area contributed by atoms with Gasteiger partial charge < -0.3 is 0 Å². The first kappa shape index (κ1) is 10.5. The molecule has 1 aliphatic carbocycles. The van der Waals surface area contributed by atoms with E-state index in [-0.39, 0.29) is 0 Å². The van der Waals surface area contributed by atoms with E-state index >= 15 is 0 Å². The largest absolute Gasteiger partial charge is 0.240 e. The third-order valence-corrected chi connectivity index (χ3v) is 3.50. The van der Waals surface area contributed by atoms with Gasteiger partial charge in [-0.15, -0.1) is 0 Å². The van der Waals surface area contributed by atoms with Crippen molar-refractivity contribution in [2.45, 2.75) is 6.42 Å². The minimum atomic E-state index is 0.672. The van der Waals surface area contributed by atoms with Crippen molar-refractivity contribution in [3.63, 3.8) is 0 Å². The highest BCUT2D eigenvalue weighted by atomic mass is 79.9. The van der Waals surface area contributed by atoms with Crippen LogP contribution in [-0.4, -0.2) is 6.08 Å². The minimum Gasteiger partial charge on any atom is -0.211 e. The maximum atomic E-state index is 10.2. The maximum absolute atomic E-state index is 10.2. The van der Waals surface area contributed by atoms with Crippen LogP contribution in [0.5, 0.6) is 0 Å². The Hall–Kier alpha value is -1.70. The van der Waals surface area contributed by atoms with Crippen LogP contribution in [0.15, 0.2) is 45.9 Å². The molecule has 0 radical (unpaired) electrons. The number of isocyanates is 1. The van der Waals surface area contributed by atoms with Crippen molar-refractivity contribution < 1.29 is 4.79 Å². The smallest absolute Gasteiger partial charge is 0.211 e. The molecule has 17 heavy (non-hydrogen) atoms. The number of halogens is 1. The molecule has 0 bridgehead atoms. The number of aliphatic imine (C=N–C) groups is 1. The standard InChI is InChI=1S/C14H8BrNO/c15-11-1-3-13-9(6-11)5-10-7-12(16-8-17)2-4-14(10)13/h1-4,6-7H,5H2. The highest BCUT2D eigenvalue weighted by Crippen LogP contribution is 2.39. The number of nitrogens with zero attached hydrogens (tertiary/aromatic N) is 1. The third kappa shape index (κ3) is 1.74. The first-order chi connectivity index (χ1) is 8.28. The van der Waals surface area contributed by atoms with E-state index in [1.807, 2.05) is 24.3 Å². The Morgan fingerprint density at radius 1 is 1.06 bits per heavy atom. The summed E-state index contributed by atoms with van der Waals surface area (Å²) in [5.74, 6) is 0. The van der Waals surface area contributed by atoms with Crippen LogP contribution in [0.4, 0.5) is 5.69 Å². The lowest BCUT2D eigenvalue weighted by Crippen LogP contribution is -1.79. The van der Waals surface area contributed by atoms with Crippen LogP contribution in [0.1, 0.15) is 11.1 Å². The topological polar surface area (TPSA) is 29.4 Å². The van der Waals surface area contributed by atoms with Gasteiger partial charge in [-0.05, 0) is 52.9 Å². The predicted molar refractivity (Wildman–Crippen MR) is 70.2 cm³/mol. The molecule has 2 nitrogen and oxygen atoms in total. The van der Waals surface area contributed by atoms with Crippen molar-refractivity contribution in [1.82, 2.24) is 0 Å². The first-order valence-electron chi connectivity index (χ1n) is 5.27. The van der Waals surface area contributed by atoms with Gasteiger partial charge >= 0.3 is 0 Å². The van der Waals surface area contributed by atoms with Crippen molar-refractivity contribution in [1.29, 1.82) is 0 Å². The lowest BCUT2D eigenvalue weighted by molar-refractivity contribution is 0.565. The third-order valence-electron chi connectivity index (χ3n) is 3.00. The molecule has 0 aromatic heterocycles. The van der Waals surface area contributed by atoms with Crippen LogP contribution in [0.2, 0.25) is 0 Å². The second-order valence-corrected chi connectivity index (χ2v) is 4.94. The quantitative estimate of drug-likeness (QED) is 0.491. The van der Waals surface area contributed by atoms with Crippen LogP contribution in [0, 0.1) is 0 Å². The lowest BCUT2D eigenvalue weighted by Gasteiger charge is -2.01. The zero-order valence-electron chi connectivity index (χ0n) is 8.90. The maximum Gasteiger partial charge on any atom is 0.240 e. The van der Waals surface area contributed by atoms with Gasteiger partial charge in [0.2, 0.25) is 6.08 Å². The molecule has 0 fully saturated rings. The number of benzene rings is 2. The van der Waals surface area contributed by atoms with E-state index in [1.165, 1.54) is 22.3 Å². The number of hydrogen-bond donors (Lipinski definition) is 0. The monoisotopic (exact) mass is 285 g/mol. The normalized spacial score (nSPS) is 11.6. The van der Waals surface area contributed by atoms with Gasteiger partial charge in [-0.2, -0.15) is 4.99 Å². The summed E-state index contributed by atoms with van der Waals surface area (Å²) in [5.41, 5.74) is 5.70. The molecule has 3 heteroatoms. The van der Waals surface area contributed by atoms with Crippen molar-refractivity contribution in [3.8, 4) is 11.1 Å². The molecule has 0 amide bonds. The Bertz CT molecular complexity index is 657. The summed E-state index contributed by atoms with van der Waals surface area (Å²) in [6.07, 6.45) is 2.47. The molecule has 2 aromatic carbocycles. The van der Waals surface area contributed by atoms with Crippen LogP contribution < -0.4 is 0 Å². The summed E-state index contributed by atoms with van der Waals surface area (Å²) in [6.45, 7) is 0. The first-order valence-corrected chi connectivity index (χ1v) is 6.07. The predicted octanol–water partition coefficient (Wildman–Crippen LogP) is 3.99. The van der Waals surface area contributed by atoms with E-state index in [2.05, 4.69) is 33.1 Å². The molecule has 82 valence electrons. The Morgan fingerprint density at radius 2 is 1.76 bits per heavy atom. The molecule has 3 rings (SSSR count). The number of fused-ring (bicyclic) bond motifs is 3.